The summed E-state index contributed by atoms with van der Waals surface area (Å²) in [4.78, 5) is 0. The molecule has 0 aromatic rings. The van der Waals surface area contributed by atoms with Crippen molar-refractivity contribution in [3.8, 4) is 0 Å². The van der Waals surface area contributed by atoms with Crippen LogP contribution in [0.3, 0.4) is 0 Å². The van der Waals surface area contributed by atoms with Crippen LogP contribution in [0.1, 0.15) is 19.3 Å². The topological polar surface area (TPSA) is 43.4 Å². The third-order valence-corrected chi connectivity index (χ3v) is 7.65. The van der Waals surface area contributed by atoms with Gasteiger partial charge in [-0.05, 0) is 36.6 Å². The molecule has 94 valence electrons. The fraction of sp³-hybridized carbons (Fsp3) is 1.00. The molecule has 5 heteroatoms. The van der Waals surface area contributed by atoms with Gasteiger partial charge in [0.15, 0.2) is 0 Å². The summed E-state index contributed by atoms with van der Waals surface area (Å²) in [5.41, 5.74) is 0.748. The Morgan fingerprint density at radius 2 is 1.75 bits per heavy atom. The lowest BCUT2D eigenvalue weighted by Gasteiger charge is -2.36. The lowest BCUT2D eigenvalue weighted by molar-refractivity contribution is 0.145. The molecule has 0 amide bonds. The van der Waals surface area contributed by atoms with E-state index in [9.17, 15) is 8.42 Å². The molecule has 0 aromatic heterocycles. The first-order valence-electron chi connectivity index (χ1n) is 6.05. The van der Waals surface area contributed by atoms with Crippen LogP contribution >= 0.6 is 0 Å². The van der Waals surface area contributed by atoms with Crippen LogP contribution in [0.5, 0.6) is 0 Å². The van der Waals surface area contributed by atoms with Crippen molar-refractivity contribution in [1.82, 2.24) is 0 Å². The highest BCUT2D eigenvalue weighted by Gasteiger charge is 2.51. The predicted molar refractivity (Wildman–Crippen MR) is 67.6 cm³/mol. The highest BCUT2D eigenvalue weighted by molar-refractivity contribution is 7.86. The second kappa shape index (κ2) is 3.82. The van der Waals surface area contributed by atoms with E-state index in [0.717, 1.165) is 12.0 Å². The summed E-state index contributed by atoms with van der Waals surface area (Å²) in [6.45, 7) is 7.15. The number of rotatable bonds is 3. The summed E-state index contributed by atoms with van der Waals surface area (Å²) in [7, 11) is -4.45. The van der Waals surface area contributed by atoms with Gasteiger partial charge in [-0.1, -0.05) is 19.6 Å². The third kappa shape index (κ3) is 2.51. The molecule has 0 radical (unpaired) electrons. The van der Waals surface area contributed by atoms with Crippen molar-refractivity contribution in [1.29, 1.82) is 0 Å². The first-order chi connectivity index (χ1) is 7.17. The maximum atomic E-state index is 11.2. The fourth-order valence-electron chi connectivity index (χ4n) is 3.62. The minimum atomic E-state index is -3.28. The largest absolute Gasteiger partial charge is 0.267 e. The van der Waals surface area contributed by atoms with Gasteiger partial charge in [-0.2, -0.15) is 8.42 Å². The molecule has 16 heavy (non-hydrogen) atoms. The maximum Gasteiger partial charge on any atom is 0.264 e. The van der Waals surface area contributed by atoms with Crippen LogP contribution in [-0.4, -0.2) is 28.9 Å². The van der Waals surface area contributed by atoms with Crippen LogP contribution in [0.25, 0.3) is 0 Å². The molecule has 0 heterocycles. The molecule has 0 aliphatic heterocycles. The average molecular weight is 262 g/mol. The van der Waals surface area contributed by atoms with Gasteiger partial charge < -0.3 is 0 Å². The summed E-state index contributed by atoms with van der Waals surface area (Å²) < 4.78 is 27.7. The second-order valence-electron chi connectivity index (χ2n) is 6.55. The summed E-state index contributed by atoms with van der Waals surface area (Å²) in [5.74, 6) is 1.22. The summed E-state index contributed by atoms with van der Waals surface area (Å²) in [5, 5.41) is 0. The van der Waals surface area contributed by atoms with Crippen LogP contribution < -0.4 is 0 Å². The van der Waals surface area contributed by atoms with Crippen LogP contribution in [0, 0.1) is 11.8 Å². The molecule has 4 atom stereocenters. The Hall–Kier alpha value is 0.127. The minimum Gasteiger partial charge on any atom is -0.267 e. The van der Waals surface area contributed by atoms with E-state index in [0.29, 0.717) is 11.8 Å². The quantitative estimate of drug-likeness (QED) is 0.580. The van der Waals surface area contributed by atoms with Gasteiger partial charge in [-0.3, -0.25) is 4.18 Å². The lowest BCUT2D eigenvalue weighted by atomic mass is 9.97. The highest BCUT2D eigenvalue weighted by Crippen LogP contribution is 2.56. The maximum absolute atomic E-state index is 11.2. The van der Waals surface area contributed by atoms with Gasteiger partial charge in [0.25, 0.3) is 10.1 Å². The van der Waals surface area contributed by atoms with Crippen molar-refractivity contribution < 1.29 is 12.6 Å². The molecule has 0 N–H and O–H groups in total. The van der Waals surface area contributed by atoms with E-state index in [2.05, 4.69) is 19.6 Å². The molecule has 0 unspecified atom stereocenters. The number of hydrogen-bond donors (Lipinski definition) is 0. The third-order valence-electron chi connectivity index (χ3n) is 4.16. The van der Waals surface area contributed by atoms with E-state index in [1.807, 2.05) is 0 Å². The molecule has 2 saturated carbocycles. The van der Waals surface area contributed by atoms with Gasteiger partial charge in [-0.15, -0.1) is 0 Å². The molecule has 2 aliphatic carbocycles. The smallest absolute Gasteiger partial charge is 0.264 e. The SMILES string of the molecule is C[Si](C)(C)[C@@H]1C[C@@H]2C[C@H]1[C@@H](OS(C)(=O)=O)C2. The zero-order chi connectivity index (χ0) is 12.1. The Morgan fingerprint density at radius 3 is 2.19 bits per heavy atom. The van der Waals surface area contributed by atoms with E-state index in [-0.39, 0.29) is 6.10 Å². The van der Waals surface area contributed by atoms with Crippen LogP contribution in [0.4, 0.5) is 0 Å². The van der Waals surface area contributed by atoms with Gasteiger partial charge in [0, 0.05) is 8.07 Å². The molecule has 2 fully saturated rings. The van der Waals surface area contributed by atoms with Crippen molar-refractivity contribution in [2.75, 3.05) is 6.26 Å². The fourth-order valence-corrected chi connectivity index (χ4v) is 6.96. The van der Waals surface area contributed by atoms with E-state index >= 15 is 0 Å². The van der Waals surface area contributed by atoms with Gasteiger partial charge in [0.05, 0.1) is 12.4 Å². The molecule has 0 saturated heterocycles. The van der Waals surface area contributed by atoms with Crippen LogP contribution in [0.2, 0.25) is 25.2 Å². The van der Waals surface area contributed by atoms with E-state index in [1.54, 1.807) is 0 Å². The summed E-state index contributed by atoms with van der Waals surface area (Å²) in [6, 6.07) is 0. The Kier molecular flexibility index (Phi) is 3.00. The van der Waals surface area contributed by atoms with Gasteiger partial charge >= 0.3 is 0 Å². The Balaban J connectivity index is 2.10. The van der Waals surface area contributed by atoms with Crippen LogP contribution in [0.15, 0.2) is 0 Å². The highest BCUT2D eigenvalue weighted by atomic mass is 32.2. The van der Waals surface area contributed by atoms with Crippen molar-refractivity contribution in [2.24, 2.45) is 11.8 Å². The van der Waals surface area contributed by atoms with E-state index in [1.165, 1.54) is 19.1 Å². The van der Waals surface area contributed by atoms with Crippen molar-refractivity contribution in [3.05, 3.63) is 0 Å². The monoisotopic (exact) mass is 262 g/mol. The molecule has 2 aliphatic rings. The van der Waals surface area contributed by atoms with Gasteiger partial charge in [0.1, 0.15) is 0 Å². The molecule has 2 bridgehead atoms. The second-order valence-corrected chi connectivity index (χ2v) is 13.6. The lowest BCUT2D eigenvalue weighted by Crippen LogP contribution is -2.38. The number of fused-ring (bicyclic) bond motifs is 2. The average Bonchev–Trinajstić information content (AvgIpc) is 2.56. The minimum absolute atomic E-state index is 0.0227. The Bertz CT molecular complexity index is 371. The zero-order valence-corrected chi connectivity index (χ0v) is 12.4. The molecule has 0 spiro atoms. The Morgan fingerprint density at radius 1 is 1.12 bits per heavy atom. The van der Waals surface area contributed by atoms with Gasteiger partial charge in [-0.25, -0.2) is 0 Å². The normalized spacial score (nSPS) is 39.2. The molecule has 3 nitrogen and oxygen atoms in total. The first kappa shape index (κ1) is 12.6. The van der Waals surface area contributed by atoms with Crippen molar-refractivity contribution >= 4 is 18.2 Å². The zero-order valence-electron chi connectivity index (χ0n) is 10.6. The van der Waals surface area contributed by atoms with Crippen molar-refractivity contribution in [3.63, 3.8) is 0 Å². The Labute approximate surface area is 99.7 Å². The molecule has 2 rings (SSSR count). The summed E-state index contributed by atoms with van der Waals surface area (Å²) >= 11 is 0. The summed E-state index contributed by atoms with van der Waals surface area (Å²) in [6.07, 6.45) is 4.60. The number of hydrogen-bond acceptors (Lipinski definition) is 3. The van der Waals surface area contributed by atoms with Crippen LogP contribution in [-0.2, 0) is 14.3 Å². The van der Waals surface area contributed by atoms with Crippen molar-refractivity contribution in [2.45, 2.75) is 50.5 Å². The van der Waals surface area contributed by atoms with E-state index < -0.39 is 18.2 Å². The first-order valence-corrected chi connectivity index (χ1v) is 11.4. The predicted octanol–water partition coefficient (Wildman–Crippen LogP) is 2.47. The molecular weight excluding hydrogens is 240 g/mol. The van der Waals surface area contributed by atoms with Gasteiger partial charge in [0.2, 0.25) is 0 Å². The van der Waals surface area contributed by atoms with E-state index in [4.69, 9.17) is 4.18 Å². The standard InChI is InChI=1S/C11H22O3SSi/c1-15(12,13)14-10-6-8-5-9(10)11(7-8)16(2,3)4/h8-11H,5-7H2,1-4H3/t8-,9+,10+,11-/m1/s1. The molecule has 0 aromatic carbocycles. The molecular formula is C11H22O3SSi.